The van der Waals surface area contributed by atoms with Crippen molar-refractivity contribution >= 4 is 23.4 Å². The fourth-order valence-electron chi connectivity index (χ4n) is 2.72. The van der Waals surface area contributed by atoms with Gasteiger partial charge in [-0.1, -0.05) is 25.3 Å². The maximum atomic E-state index is 11.5. The molecule has 0 bridgehead atoms. The lowest BCUT2D eigenvalue weighted by molar-refractivity contribution is -0.116. The maximum Gasteiger partial charge on any atom is 0.245 e. The van der Waals surface area contributed by atoms with E-state index >= 15 is 0 Å². The topological polar surface area (TPSA) is 55.1 Å². The number of hydrogen-bond acceptors (Lipinski definition) is 3. The van der Waals surface area contributed by atoms with Gasteiger partial charge in [0.15, 0.2) is 0 Å². The highest BCUT2D eigenvalue weighted by atomic mass is 32.2. The van der Waals surface area contributed by atoms with E-state index < -0.39 is 6.04 Å². The van der Waals surface area contributed by atoms with E-state index in [-0.39, 0.29) is 5.91 Å². The van der Waals surface area contributed by atoms with Crippen molar-refractivity contribution in [2.75, 3.05) is 5.32 Å². The molecule has 3 rings (SSSR count). The number of hydrogen-bond donors (Lipinski definition) is 2. The first-order chi connectivity index (χ1) is 8.74. The molecule has 1 saturated carbocycles. The van der Waals surface area contributed by atoms with Gasteiger partial charge in [-0.3, -0.25) is 4.79 Å². The van der Waals surface area contributed by atoms with Crippen molar-refractivity contribution in [3.05, 3.63) is 23.8 Å². The summed E-state index contributed by atoms with van der Waals surface area (Å²) in [7, 11) is 0. The van der Waals surface area contributed by atoms with Crippen LogP contribution < -0.4 is 11.1 Å². The fraction of sp³-hybridized carbons (Fsp3) is 0.500. The molecule has 18 heavy (non-hydrogen) atoms. The number of anilines is 1. The zero-order valence-corrected chi connectivity index (χ0v) is 11.1. The van der Waals surface area contributed by atoms with E-state index in [1.165, 1.54) is 37.0 Å². The maximum absolute atomic E-state index is 11.5. The van der Waals surface area contributed by atoms with Crippen LogP contribution >= 0.6 is 11.8 Å². The number of benzene rings is 1. The molecule has 3 N–H and O–H groups in total. The Morgan fingerprint density at radius 3 is 2.78 bits per heavy atom. The van der Waals surface area contributed by atoms with Gasteiger partial charge in [0.25, 0.3) is 0 Å². The van der Waals surface area contributed by atoms with Gasteiger partial charge in [0.2, 0.25) is 5.91 Å². The third kappa shape index (κ3) is 2.27. The zero-order chi connectivity index (χ0) is 12.5. The number of rotatable bonds is 2. The number of amides is 1. The smallest absolute Gasteiger partial charge is 0.245 e. The largest absolute Gasteiger partial charge is 0.324 e. The predicted octanol–water partition coefficient (Wildman–Crippen LogP) is 3.06. The van der Waals surface area contributed by atoms with Crippen molar-refractivity contribution in [1.82, 2.24) is 0 Å². The number of carbonyl (C=O) groups excluding carboxylic acids is 1. The SMILES string of the molecule is NC1C(=O)Nc2cc(SC3CCCCC3)ccc21. The number of thioether (sulfide) groups is 1. The van der Waals surface area contributed by atoms with Crippen LogP contribution in [0.2, 0.25) is 0 Å². The molecule has 1 aromatic carbocycles. The quantitative estimate of drug-likeness (QED) is 0.861. The molecule has 1 heterocycles. The molecule has 0 spiro atoms. The van der Waals surface area contributed by atoms with E-state index in [1.807, 2.05) is 17.8 Å². The standard InChI is InChI=1S/C14H18N2OS/c15-13-11-7-6-10(8-12(11)16-14(13)17)18-9-4-2-1-3-5-9/h6-9,13H,1-5,15H2,(H,16,17). The Morgan fingerprint density at radius 1 is 1.22 bits per heavy atom. The van der Waals surface area contributed by atoms with Crippen LogP contribution in [0.25, 0.3) is 0 Å². The van der Waals surface area contributed by atoms with Crippen molar-refractivity contribution in [3.8, 4) is 0 Å². The number of fused-ring (bicyclic) bond motifs is 1. The second-order valence-corrected chi connectivity index (χ2v) is 6.47. The summed E-state index contributed by atoms with van der Waals surface area (Å²) >= 11 is 1.94. The number of nitrogens with one attached hydrogen (secondary N) is 1. The molecule has 96 valence electrons. The first kappa shape index (κ1) is 12.1. The first-order valence-corrected chi connectivity index (χ1v) is 7.49. The molecule has 1 amide bonds. The molecular weight excluding hydrogens is 244 g/mol. The van der Waals surface area contributed by atoms with E-state index in [9.17, 15) is 4.79 Å². The second-order valence-electron chi connectivity index (χ2n) is 5.09. The average Bonchev–Trinajstić information content (AvgIpc) is 2.66. The van der Waals surface area contributed by atoms with Crippen molar-refractivity contribution in [2.24, 2.45) is 5.73 Å². The van der Waals surface area contributed by atoms with Crippen LogP contribution in [0.1, 0.15) is 43.7 Å². The summed E-state index contributed by atoms with van der Waals surface area (Å²) in [5.41, 5.74) is 7.63. The average molecular weight is 262 g/mol. The van der Waals surface area contributed by atoms with Crippen LogP contribution in [0.3, 0.4) is 0 Å². The highest BCUT2D eigenvalue weighted by Crippen LogP contribution is 2.37. The normalized spacial score (nSPS) is 23.8. The Balaban J connectivity index is 1.75. The lowest BCUT2D eigenvalue weighted by Crippen LogP contribution is -2.19. The minimum atomic E-state index is -0.492. The van der Waals surface area contributed by atoms with Crippen LogP contribution in [0, 0.1) is 0 Å². The van der Waals surface area contributed by atoms with Gasteiger partial charge in [0, 0.05) is 21.4 Å². The molecule has 1 aromatic rings. The van der Waals surface area contributed by atoms with E-state index in [1.54, 1.807) is 0 Å². The number of carbonyl (C=O) groups is 1. The molecule has 3 nitrogen and oxygen atoms in total. The first-order valence-electron chi connectivity index (χ1n) is 6.61. The van der Waals surface area contributed by atoms with Crippen molar-refractivity contribution in [2.45, 2.75) is 48.3 Å². The summed E-state index contributed by atoms with van der Waals surface area (Å²) in [6, 6.07) is 5.66. The van der Waals surface area contributed by atoms with Crippen LogP contribution in [0.15, 0.2) is 23.1 Å². The Hall–Kier alpha value is -1.00. The Morgan fingerprint density at radius 2 is 2.00 bits per heavy atom. The summed E-state index contributed by atoms with van der Waals surface area (Å²) in [4.78, 5) is 12.7. The molecule has 4 heteroatoms. The van der Waals surface area contributed by atoms with Gasteiger partial charge in [0.05, 0.1) is 0 Å². The third-order valence-electron chi connectivity index (χ3n) is 3.76. The fourth-order valence-corrected chi connectivity index (χ4v) is 4.00. The van der Waals surface area contributed by atoms with Crippen LogP contribution in [0.4, 0.5) is 5.69 Å². The van der Waals surface area contributed by atoms with E-state index in [4.69, 9.17) is 5.73 Å². The Kier molecular flexibility index (Phi) is 3.31. The minimum absolute atomic E-state index is 0.0928. The summed E-state index contributed by atoms with van der Waals surface area (Å²) in [6.45, 7) is 0. The minimum Gasteiger partial charge on any atom is -0.324 e. The Bertz CT molecular complexity index is 469. The monoisotopic (exact) mass is 262 g/mol. The Labute approximate surface area is 112 Å². The molecule has 0 radical (unpaired) electrons. The summed E-state index contributed by atoms with van der Waals surface area (Å²) in [5, 5.41) is 3.59. The highest BCUT2D eigenvalue weighted by Gasteiger charge is 2.27. The molecule has 1 atom stereocenters. The van der Waals surface area contributed by atoms with Gasteiger partial charge < -0.3 is 11.1 Å². The predicted molar refractivity (Wildman–Crippen MR) is 74.7 cm³/mol. The van der Waals surface area contributed by atoms with E-state index in [0.717, 1.165) is 16.5 Å². The van der Waals surface area contributed by atoms with Crippen molar-refractivity contribution in [1.29, 1.82) is 0 Å². The second kappa shape index (κ2) is 4.94. The zero-order valence-electron chi connectivity index (χ0n) is 10.3. The molecule has 1 aliphatic carbocycles. The number of nitrogens with two attached hydrogens (primary N) is 1. The molecule has 1 aliphatic heterocycles. The van der Waals surface area contributed by atoms with E-state index in [2.05, 4.69) is 17.4 Å². The molecule has 1 fully saturated rings. The summed E-state index contributed by atoms with van der Waals surface area (Å²) < 4.78 is 0. The molecule has 1 unspecified atom stereocenters. The van der Waals surface area contributed by atoms with Gasteiger partial charge in [-0.15, -0.1) is 11.8 Å². The lowest BCUT2D eigenvalue weighted by atomic mass is 10.0. The molecular formula is C14H18N2OS. The lowest BCUT2D eigenvalue weighted by Gasteiger charge is -2.21. The van der Waals surface area contributed by atoms with E-state index in [0.29, 0.717) is 0 Å². The van der Waals surface area contributed by atoms with Gasteiger partial charge in [-0.05, 0) is 25.0 Å². The van der Waals surface area contributed by atoms with Crippen LogP contribution in [-0.2, 0) is 4.79 Å². The van der Waals surface area contributed by atoms with Gasteiger partial charge >= 0.3 is 0 Å². The third-order valence-corrected chi connectivity index (χ3v) is 5.09. The summed E-state index contributed by atoms with van der Waals surface area (Å²) in [5.74, 6) is -0.0928. The van der Waals surface area contributed by atoms with Crippen LogP contribution in [0.5, 0.6) is 0 Å². The molecule has 0 aromatic heterocycles. The van der Waals surface area contributed by atoms with Crippen molar-refractivity contribution < 1.29 is 4.79 Å². The van der Waals surface area contributed by atoms with Gasteiger partial charge in [0.1, 0.15) is 6.04 Å². The molecule has 0 saturated heterocycles. The van der Waals surface area contributed by atoms with Crippen molar-refractivity contribution in [3.63, 3.8) is 0 Å². The summed E-state index contributed by atoms with van der Waals surface area (Å²) in [6.07, 6.45) is 6.71. The van der Waals surface area contributed by atoms with Gasteiger partial charge in [-0.2, -0.15) is 0 Å². The highest BCUT2D eigenvalue weighted by molar-refractivity contribution is 8.00. The molecule has 2 aliphatic rings. The van der Waals surface area contributed by atoms with Crippen LogP contribution in [-0.4, -0.2) is 11.2 Å². The van der Waals surface area contributed by atoms with Gasteiger partial charge in [-0.25, -0.2) is 0 Å².